The lowest BCUT2D eigenvalue weighted by Crippen LogP contribution is -2.33. The molecule has 0 radical (unpaired) electrons. The summed E-state index contributed by atoms with van der Waals surface area (Å²) in [5.74, 6) is -0.964. The number of carbonyl (C=O) groups is 1. The summed E-state index contributed by atoms with van der Waals surface area (Å²) in [6.45, 7) is 2.65. The van der Waals surface area contributed by atoms with Crippen molar-refractivity contribution >= 4 is 18.4 Å². The molecule has 3 N–H and O–H groups in total. The number of carboxylic acids is 1. The zero-order valence-electron chi connectivity index (χ0n) is 7.70. The van der Waals surface area contributed by atoms with Crippen LogP contribution in [0, 0.1) is 0 Å². The van der Waals surface area contributed by atoms with Crippen LogP contribution in [0.4, 0.5) is 0 Å². The highest BCUT2D eigenvalue weighted by molar-refractivity contribution is 5.87. The summed E-state index contributed by atoms with van der Waals surface area (Å²) in [7, 11) is 0. The second-order valence-electron chi connectivity index (χ2n) is 3.32. The molecular weight excluding hydrogens is 206 g/mol. The number of nitrogens with zero attached hydrogens (tertiary/aromatic N) is 1. The number of aromatic carboxylic acids is 1. The Morgan fingerprint density at radius 2 is 2.36 bits per heavy atom. The Labute approximate surface area is 87.3 Å². The second kappa shape index (κ2) is 3.98. The van der Waals surface area contributed by atoms with Crippen LogP contribution in [0.15, 0.2) is 0 Å². The van der Waals surface area contributed by atoms with Gasteiger partial charge in [-0.3, -0.25) is 5.10 Å². The van der Waals surface area contributed by atoms with Crippen molar-refractivity contribution in [3.63, 3.8) is 0 Å². The topological polar surface area (TPSA) is 78.0 Å². The molecule has 6 heteroatoms. The molecule has 2 rings (SSSR count). The molecule has 1 atom stereocenters. The van der Waals surface area contributed by atoms with E-state index >= 15 is 0 Å². The molecule has 0 spiro atoms. The standard InChI is InChI=1S/C8H11N3O2.ClH/c1-4-2-6-5(3-9-4)7(8(12)13)11-10-6;/h4,9H,2-3H2,1H3,(H,10,11)(H,12,13);1H. The van der Waals surface area contributed by atoms with E-state index in [9.17, 15) is 4.79 Å². The molecule has 78 valence electrons. The summed E-state index contributed by atoms with van der Waals surface area (Å²) in [4.78, 5) is 10.7. The fraction of sp³-hybridized carbons (Fsp3) is 0.500. The predicted octanol–water partition coefficient (Wildman–Crippen LogP) is 0.564. The van der Waals surface area contributed by atoms with Crippen LogP contribution in [-0.4, -0.2) is 27.3 Å². The van der Waals surface area contributed by atoms with E-state index in [0.29, 0.717) is 12.6 Å². The zero-order valence-corrected chi connectivity index (χ0v) is 8.52. The van der Waals surface area contributed by atoms with Crippen LogP contribution in [0.1, 0.15) is 28.7 Å². The third kappa shape index (κ3) is 1.73. The molecular formula is C8H12ClN3O2. The average molecular weight is 218 g/mol. The molecule has 1 aromatic heterocycles. The van der Waals surface area contributed by atoms with Crippen molar-refractivity contribution in [1.82, 2.24) is 15.5 Å². The molecule has 0 aliphatic carbocycles. The summed E-state index contributed by atoms with van der Waals surface area (Å²) in [6.07, 6.45) is 0.815. The summed E-state index contributed by atoms with van der Waals surface area (Å²) in [5.41, 5.74) is 1.89. The van der Waals surface area contributed by atoms with Crippen molar-refractivity contribution in [2.45, 2.75) is 25.9 Å². The number of aromatic nitrogens is 2. The highest BCUT2D eigenvalue weighted by Crippen LogP contribution is 2.17. The molecule has 5 nitrogen and oxygen atoms in total. The van der Waals surface area contributed by atoms with Gasteiger partial charge in [-0.05, 0) is 6.92 Å². The number of fused-ring (bicyclic) bond motifs is 1. The van der Waals surface area contributed by atoms with E-state index in [1.54, 1.807) is 0 Å². The van der Waals surface area contributed by atoms with Gasteiger partial charge in [-0.25, -0.2) is 4.79 Å². The molecule has 1 aliphatic rings. The van der Waals surface area contributed by atoms with Gasteiger partial charge in [0.1, 0.15) is 0 Å². The van der Waals surface area contributed by atoms with Gasteiger partial charge in [0.05, 0.1) is 0 Å². The van der Waals surface area contributed by atoms with Gasteiger partial charge in [-0.1, -0.05) is 0 Å². The minimum absolute atomic E-state index is 0. The summed E-state index contributed by atoms with van der Waals surface area (Å²) >= 11 is 0. The molecule has 1 aromatic rings. The Bertz CT molecular complexity index is 350. The van der Waals surface area contributed by atoms with E-state index in [0.717, 1.165) is 17.7 Å². The van der Waals surface area contributed by atoms with Gasteiger partial charge in [0.25, 0.3) is 0 Å². The summed E-state index contributed by atoms with van der Waals surface area (Å²) < 4.78 is 0. The van der Waals surface area contributed by atoms with Gasteiger partial charge in [0.15, 0.2) is 5.69 Å². The van der Waals surface area contributed by atoms with E-state index in [1.165, 1.54) is 0 Å². The number of carboxylic acid groups (broad SMARTS) is 1. The lowest BCUT2D eigenvalue weighted by atomic mass is 10.0. The van der Waals surface area contributed by atoms with Crippen LogP contribution >= 0.6 is 12.4 Å². The highest BCUT2D eigenvalue weighted by atomic mass is 35.5. The molecule has 14 heavy (non-hydrogen) atoms. The zero-order chi connectivity index (χ0) is 9.42. The van der Waals surface area contributed by atoms with E-state index in [2.05, 4.69) is 22.4 Å². The molecule has 0 fully saturated rings. The molecule has 1 unspecified atom stereocenters. The Hall–Kier alpha value is -1.07. The first-order chi connectivity index (χ1) is 6.18. The number of rotatable bonds is 1. The first kappa shape index (κ1) is 11.0. The fourth-order valence-corrected chi connectivity index (χ4v) is 1.59. The minimum atomic E-state index is -0.964. The molecule has 0 amide bonds. The second-order valence-corrected chi connectivity index (χ2v) is 3.32. The number of hydrogen-bond acceptors (Lipinski definition) is 3. The average Bonchev–Trinajstić information content (AvgIpc) is 2.46. The first-order valence-electron chi connectivity index (χ1n) is 4.21. The number of hydrogen-bond donors (Lipinski definition) is 3. The monoisotopic (exact) mass is 217 g/mol. The van der Waals surface area contributed by atoms with Gasteiger partial charge in [0.2, 0.25) is 0 Å². The molecule has 1 aliphatic heterocycles. The van der Waals surface area contributed by atoms with E-state index in [1.807, 2.05) is 0 Å². The largest absolute Gasteiger partial charge is 0.476 e. The number of halogens is 1. The third-order valence-electron chi connectivity index (χ3n) is 2.29. The smallest absolute Gasteiger partial charge is 0.356 e. The van der Waals surface area contributed by atoms with Crippen LogP contribution in [0.5, 0.6) is 0 Å². The van der Waals surface area contributed by atoms with Crippen LogP contribution in [0.2, 0.25) is 0 Å². The van der Waals surface area contributed by atoms with Gasteiger partial charge in [0, 0.05) is 30.3 Å². The van der Waals surface area contributed by atoms with Gasteiger partial charge < -0.3 is 10.4 Å². The van der Waals surface area contributed by atoms with E-state index in [4.69, 9.17) is 5.11 Å². The highest BCUT2D eigenvalue weighted by Gasteiger charge is 2.23. The SMILES string of the molecule is CC1Cc2[nH]nc(C(=O)O)c2CN1.Cl. The minimum Gasteiger partial charge on any atom is -0.476 e. The Kier molecular flexibility index (Phi) is 3.13. The van der Waals surface area contributed by atoms with Crippen molar-refractivity contribution in [3.8, 4) is 0 Å². The summed E-state index contributed by atoms with van der Waals surface area (Å²) in [5, 5.41) is 18.5. The number of H-pyrrole nitrogens is 1. The Morgan fingerprint density at radius 1 is 1.64 bits per heavy atom. The lowest BCUT2D eigenvalue weighted by molar-refractivity contribution is 0.0689. The van der Waals surface area contributed by atoms with E-state index in [-0.39, 0.29) is 18.1 Å². The van der Waals surface area contributed by atoms with Crippen molar-refractivity contribution in [2.24, 2.45) is 0 Å². The fourth-order valence-electron chi connectivity index (χ4n) is 1.59. The maximum absolute atomic E-state index is 10.7. The third-order valence-corrected chi connectivity index (χ3v) is 2.29. The number of nitrogens with one attached hydrogen (secondary N) is 2. The molecule has 0 aromatic carbocycles. The van der Waals surface area contributed by atoms with Crippen molar-refractivity contribution in [2.75, 3.05) is 0 Å². The molecule has 0 bridgehead atoms. The maximum atomic E-state index is 10.7. The van der Waals surface area contributed by atoms with Crippen molar-refractivity contribution in [3.05, 3.63) is 17.0 Å². The number of aromatic amines is 1. The molecule has 2 heterocycles. The molecule has 0 saturated carbocycles. The van der Waals surface area contributed by atoms with Crippen LogP contribution in [-0.2, 0) is 13.0 Å². The van der Waals surface area contributed by atoms with Crippen LogP contribution in [0.3, 0.4) is 0 Å². The van der Waals surface area contributed by atoms with Crippen LogP contribution < -0.4 is 5.32 Å². The van der Waals surface area contributed by atoms with Gasteiger partial charge in [-0.2, -0.15) is 5.10 Å². The van der Waals surface area contributed by atoms with Crippen molar-refractivity contribution in [1.29, 1.82) is 0 Å². The van der Waals surface area contributed by atoms with Crippen molar-refractivity contribution < 1.29 is 9.90 Å². The normalized spacial score (nSPS) is 19.6. The maximum Gasteiger partial charge on any atom is 0.356 e. The predicted molar refractivity (Wildman–Crippen MR) is 52.8 cm³/mol. The van der Waals surface area contributed by atoms with Crippen LogP contribution in [0.25, 0.3) is 0 Å². The lowest BCUT2D eigenvalue weighted by Gasteiger charge is -2.19. The van der Waals surface area contributed by atoms with Gasteiger partial charge >= 0.3 is 5.97 Å². The van der Waals surface area contributed by atoms with E-state index < -0.39 is 5.97 Å². The van der Waals surface area contributed by atoms with Gasteiger partial charge in [-0.15, -0.1) is 12.4 Å². The quantitative estimate of drug-likeness (QED) is 0.643. The summed E-state index contributed by atoms with van der Waals surface area (Å²) in [6, 6.07) is 0.384. The Morgan fingerprint density at radius 3 is 3.00 bits per heavy atom. The molecule has 0 saturated heterocycles. The first-order valence-corrected chi connectivity index (χ1v) is 4.21. The Balaban J connectivity index is 0.000000980.